The predicted octanol–water partition coefficient (Wildman–Crippen LogP) is 6.16. The minimum atomic E-state index is -0.157. The molecular formula is C32H31ClN6O2. The van der Waals surface area contributed by atoms with E-state index in [9.17, 15) is 4.79 Å². The van der Waals surface area contributed by atoms with Gasteiger partial charge in [-0.05, 0) is 54.8 Å². The summed E-state index contributed by atoms with van der Waals surface area (Å²) >= 11 is 6.74. The SMILES string of the molecule is CCc1ccc(-c2ccc(-c3cc4cnc(Nc5ccc(C6CNCCO6)cc5)nc4n(CC)c3=O)c(Cl)c2)nc1. The number of ether oxygens (including phenoxy) is 1. The first-order chi connectivity index (χ1) is 20.0. The van der Waals surface area contributed by atoms with Gasteiger partial charge in [0.1, 0.15) is 5.65 Å². The summed E-state index contributed by atoms with van der Waals surface area (Å²) in [6.45, 7) is 6.87. The molecule has 1 fully saturated rings. The van der Waals surface area contributed by atoms with E-state index in [0.717, 1.165) is 47.4 Å². The molecule has 0 aliphatic carbocycles. The van der Waals surface area contributed by atoms with Crippen LogP contribution in [0.2, 0.25) is 5.02 Å². The third kappa shape index (κ3) is 5.59. The lowest BCUT2D eigenvalue weighted by molar-refractivity contribution is 0.0277. The van der Waals surface area contributed by atoms with Crippen molar-refractivity contribution in [1.29, 1.82) is 0 Å². The Kier molecular flexibility index (Phi) is 7.78. The zero-order chi connectivity index (χ0) is 28.3. The van der Waals surface area contributed by atoms with Gasteiger partial charge in [0.2, 0.25) is 5.95 Å². The Morgan fingerprint density at radius 2 is 1.88 bits per heavy atom. The van der Waals surface area contributed by atoms with E-state index in [4.69, 9.17) is 21.3 Å². The molecular weight excluding hydrogens is 536 g/mol. The molecule has 1 saturated heterocycles. The molecule has 0 amide bonds. The zero-order valence-electron chi connectivity index (χ0n) is 23.0. The van der Waals surface area contributed by atoms with Crippen molar-refractivity contribution in [3.8, 4) is 22.4 Å². The van der Waals surface area contributed by atoms with E-state index in [1.165, 1.54) is 5.56 Å². The van der Waals surface area contributed by atoms with Crippen LogP contribution in [0.5, 0.6) is 0 Å². The van der Waals surface area contributed by atoms with Gasteiger partial charge in [-0.15, -0.1) is 0 Å². The first kappa shape index (κ1) is 27.1. The number of pyridine rings is 2. The molecule has 2 aromatic carbocycles. The number of hydrogen-bond donors (Lipinski definition) is 2. The van der Waals surface area contributed by atoms with E-state index < -0.39 is 0 Å². The number of anilines is 2. The van der Waals surface area contributed by atoms with Gasteiger partial charge in [-0.25, -0.2) is 4.98 Å². The van der Waals surface area contributed by atoms with E-state index >= 15 is 0 Å². The van der Waals surface area contributed by atoms with E-state index in [2.05, 4.69) is 33.6 Å². The van der Waals surface area contributed by atoms with Gasteiger partial charge in [0.25, 0.3) is 5.56 Å². The second-order valence-corrected chi connectivity index (χ2v) is 10.4. The Morgan fingerprint density at radius 1 is 1.02 bits per heavy atom. The molecule has 6 rings (SSSR count). The quantitative estimate of drug-likeness (QED) is 0.244. The third-order valence-corrected chi connectivity index (χ3v) is 7.71. The number of fused-ring (bicyclic) bond motifs is 1. The Bertz CT molecular complexity index is 1750. The first-order valence-corrected chi connectivity index (χ1v) is 14.3. The molecule has 41 heavy (non-hydrogen) atoms. The molecule has 0 spiro atoms. The second kappa shape index (κ2) is 11.8. The summed E-state index contributed by atoms with van der Waals surface area (Å²) in [5, 5.41) is 7.85. The van der Waals surface area contributed by atoms with E-state index in [1.807, 2.05) is 67.7 Å². The predicted molar refractivity (Wildman–Crippen MR) is 164 cm³/mol. The molecule has 5 aromatic rings. The highest BCUT2D eigenvalue weighted by molar-refractivity contribution is 6.33. The number of aryl methyl sites for hydroxylation is 2. The lowest BCUT2D eigenvalue weighted by atomic mass is 10.0. The van der Waals surface area contributed by atoms with Gasteiger partial charge in [-0.2, -0.15) is 4.98 Å². The maximum Gasteiger partial charge on any atom is 0.260 e. The number of rotatable bonds is 7. The fraction of sp³-hybridized carbons (Fsp3) is 0.250. The fourth-order valence-corrected chi connectivity index (χ4v) is 5.37. The van der Waals surface area contributed by atoms with Crippen LogP contribution in [-0.2, 0) is 17.7 Å². The molecule has 4 heterocycles. The molecule has 1 aliphatic heterocycles. The largest absolute Gasteiger partial charge is 0.371 e. The first-order valence-electron chi connectivity index (χ1n) is 13.9. The maximum absolute atomic E-state index is 13.6. The summed E-state index contributed by atoms with van der Waals surface area (Å²) in [6.07, 6.45) is 4.60. The van der Waals surface area contributed by atoms with Crippen molar-refractivity contribution in [2.45, 2.75) is 32.9 Å². The number of benzene rings is 2. The molecule has 0 bridgehead atoms. The highest BCUT2D eigenvalue weighted by Crippen LogP contribution is 2.32. The van der Waals surface area contributed by atoms with Crippen LogP contribution in [-0.4, -0.2) is 39.2 Å². The Hall–Kier alpha value is -4.11. The number of nitrogens with zero attached hydrogens (tertiary/aromatic N) is 4. The van der Waals surface area contributed by atoms with Gasteiger partial charge in [0.15, 0.2) is 0 Å². The summed E-state index contributed by atoms with van der Waals surface area (Å²) in [7, 11) is 0. The van der Waals surface area contributed by atoms with Gasteiger partial charge in [-0.3, -0.25) is 14.3 Å². The Labute approximate surface area is 243 Å². The van der Waals surface area contributed by atoms with Crippen molar-refractivity contribution in [2.75, 3.05) is 25.0 Å². The lowest BCUT2D eigenvalue weighted by Crippen LogP contribution is -2.33. The zero-order valence-corrected chi connectivity index (χ0v) is 23.8. The summed E-state index contributed by atoms with van der Waals surface area (Å²) < 4.78 is 7.49. The molecule has 1 aliphatic rings. The monoisotopic (exact) mass is 566 g/mol. The summed E-state index contributed by atoms with van der Waals surface area (Å²) in [6, 6.07) is 19.6. The normalized spacial score (nSPS) is 15.2. The molecule has 9 heteroatoms. The van der Waals surface area contributed by atoms with Crippen LogP contribution in [0.4, 0.5) is 11.6 Å². The topological polar surface area (TPSA) is 94.0 Å². The summed E-state index contributed by atoms with van der Waals surface area (Å²) in [5.74, 6) is 0.416. The minimum absolute atomic E-state index is 0.0524. The number of hydrogen-bond acceptors (Lipinski definition) is 7. The number of nitrogens with one attached hydrogen (secondary N) is 2. The van der Waals surface area contributed by atoms with Crippen LogP contribution in [0.15, 0.2) is 77.9 Å². The molecule has 8 nitrogen and oxygen atoms in total. The third-order valence-electron chi connectivity index (χ3n) is 7.40. The average molecular weight is 567 g/mol. The standard InChI is InChI=1S/C32H31ClN6O2/c1-3-20-5-12-28(35-17-20)22-8-11-25(27(33)16-22)26-15-23-18-36-32(38-30(23)39(4-2)31(26)40)37-24-9-6-21(7-10-24)29-19-34-13-14-41-29/h5-12,15-18,29,34H,3-4,13-14,19H2,1-2H3,(H,36,37,38). The minimum Gasteiger partial charge on any atom is -0.371 e. The molecule has 0 radical (unpaired) electrons. The van der Waals surface area contributed by atoms with Crippen molar-refractivity contribution >= 4 is 34.3 Å². The summed E-state index contributed by atoms with van der Waals surface area (Å²) in [4.78, 5) is 27.4. The van der Waals surface area contributed by atoms with Gasteiger partial charge in [-0.1, -0.05) is 48.9 Å². The van der Waals surface area contributed by atoms with Crippen molar-refractivity contribution in [1.82, 2.24) is 24.8 Å². The number of aromatic nitrogens is 4. The van der Waals surface area contributed by atoms with E-state index in [-0.39, 0.29) is 11.7 Å². The number of morpholine rings is 1. The maximum atomic E-state index is 13.6. The van der Waals surface area contributed by atoms with Crippen LogP contribution in [0.3, 0.4) is 0 Å². The average Bonchev–Trinajstić information content (AvgIpc) is 3.02. The second-order valence-electron chi connectivity index (χ2n) is 9.99. The smallest absolute Gasteiger partial charge is 0.260 e. The van der Waals surface area contributed by atoms with Crippen LogP contribution in [0, 0.1) is 0 Å². The number of halogens is 1. The van der Waals surface area contributed by atoms with Crippen LogP contribution < -0.4 is 16.2 Å². The molecule has 1 atom stereocenters. The molecule has 0 saturated carbocycles. The van der Waals surface area contributed by atoms with Gasteiger partial charge in [0.05, 0.1) is 18.4 Å². The molecule has 1 unspecified atom stereocenters. The van der Waals surface area contributed by atoms with Gasteiger partial charge in [0, 0.05) is 64.8 Å². The summed E-state index contributed by atoms with van der Waals surface area (Å²) in [5.41, 5.74) is 6.44. The van der Waals surface area contributed by atoms with Crippen LogP contribution in [0.25, 0.3) is 33.4 Å². The van der Waals surface area contributed by atoms with Crippen molar-refractivity contribution in [3.05, 3.63) is 99.6 Å². The lowest BCUT2D eigenvalue weighted by Gasteiger charge is -2.24. The van der Waals surface area contributed by atoms with Crippen molar-refractivity contribution in [3.63, 3.8) is 0 Å². The highest BCUT2D eigenvalue weighted by Gasteiger charge is 2.17. The molecule has 2 N–H and O–H groups in total. The van der Waals surface area contributed by atoms with Crippen molar-refractivity contribution in [2.24, 2.45) is 0 Å². The van der Waals surface area contributed by atoms with Crippen molar-refractivity contribution < 1.29 is 4.74 Å². The van der Waals surface area contributed by atoms with Gasteiger partial charge >= 0.3 is 0 Å². The van der Waals surface area contributed by atoms with Gasteiger partial charge < -0.3 is 15.4 Å². The van der Waals surface area contributed by atoms with Crippen LogP contribution >= 0.6 is 11.6 Å². The Balaban J connectivity index is 1.29. The molecule has 208 valence electrons. The fourth-order valence-electron chi connectivity index (χ4n) is 5.09. The van der Waals surface area contributed by atoms with Crippen LogP contribution in [0.1, 0.15) is 31.1 Å². The van der Waals surface area contributed by atoms with E-state index in [0.29, 0.717) is 40.9 Å². The Morgan fingerprint density at radius 3 is 2.56 bits per heavy atom. The molecule has 3 aromatic heterocycles. The van der Waals surface area contributed by atoms with E-state index in [1.54, 1.807) is 10.8 Å². The highest BCUT2D eigenvalue weighted by atomic mass is 35.5.